The predicted octanol–water partition coefficient (Wildman–Crippen LogP) is 3.64. The fourth-order valence-electron chi connectivity index (χ4n) is 1.81. The fraction of sp³-hybridized carbons (Fsp3) is 0.643. The minimum absolute atomic E-state index is 0.182. The molecule has 1 aliphatic heterocycles. The largest absolute Gasteiger partial charge is 0.369 e. The quantitative estimate of drug-likeness (QED) is 0.915. The number of pyridine rings is 1. The van der Waals surface area contributed by atoms with Gasteiger partial charge in [-0.1, -0.05) is 26.8 Å². The van der Waals surface area contributed by atoms with E-state index in [2.05, 4.69) is 66.7 Å². The van der Waals surface area contributed by atoms with Crippen LogP contribution in [0.4, 0.5) is 5.82 Å². The van der Waals surface area contributed by atoms with E-state index >= 15 is 0 Å². The number of rotatable bonds is 3. The molecule has 2 heterocycles. The van der Waals surface area contributed by atoms with E-state index in [1.54, 1.807) is 0 Å². The summed E-state index contributed by atoms with van der Waals surface area (Å²) >= 11 is 4.14. The number of thioether (sulfide) groups is 2. The SMILES string of the molecule is CC(C)(C)c1ccc(NCC2CSCCS2)nc1. The van der Waals surface area contributed by atoms with Crippen LogP contribution in [0.25, 0.3) is 0 Å². The van der Waals surface area contributed by atoms with Crippen molar-refractivity contribution in [1.29, 1.82) is 0 Å². The Labute approximate surface area is 119 Å². The third-order valence-corrected chi connectivity index (χ3v) is 5.87. The van der Waals surface area contributed by atoms with Crippen LogP contribution in [0, 0.1) is 0 Å². The maximum atomic E-state index is 4.50. The standard InChI is InChI=1S/C14H22N2S2/c1-14(2,3)11-4-5-13(15-8-11)16-9-12-10-17-6-7-18-12/h4-5,8,12H,6-7,9-10H2,1-3H3,(H,15,16). The molecule has 0 spiro atoms. The number of hydrogen-bond donors (Lipinski definition) is 1. The third-order valence-electron chi connectivity index (χ3n) is 3.03. The van der Waals surface area contributed by atoms with Gasteiger partial charge in [-0.05, 0) is 17.0 Å². The Morgan fingerprint density at radius 3 is 2.72 bits per heavy atom. The Morgan fingerprint density at radius 1 is 1.33 bits per heavy atom. The minimum atomic E-state index is 0.182. The van der Waals surface area contributed by atoms with Crippen LogP contribution in [0.3, 0.4) is 0 Å². The van der Waals surface area contributed by atoms with Crippen LogP contribution in [-0.4, -0.2) is 34.0 Å². The Kier molecular flexibility index (Phi) is 4.84. The lowest BCUT2D eigenvalue weighted by molar-refractivity contribution is 0.587. The summed E-state index contributed by atoms with van der Waals surface area (Å²) in [6.07, 6.45) is 1.99. The molecule has 2 nitrogen and oxygen atoms in total. The van der Waals surface area contributed by atoms with E-state index in [0.717, 1.165) is 17.6 Å². The van der Waals surface area contributed by atoms with Crippen LogP contribution in [-0.2, 0) is 5.41 Å². The predicted molar refractivity (Wildman–Crippen MR) is 85.0 cm³/mol. The third kappa shape index (κ3) is 4.09. The van der Waals surface area contributed by atoms with Crippen LogP contribution in [0.5, 0.6) is 0 Å². The molecule has 1 fully saturated rings. The first-order valence-corrected chi connectivity index (χ1v) is 8.66. The second kappa shape index (κ2) is 6.20. The first kappa shape index (κ1) is 14.1. The van der Waals surface area contributed by atoms with Crippen molar-refractivity contribution in [1.82, 2.24) is 4.98 Å². The van der Waals surface area contributed by atoms with Gasteiger partial charge in [0.05, 0.1) is 0 Å². The van der Waals surface area contributed by atoms with Crippen LogP contribution >= 0.6 is 23.5 Å². The van der Waals surface area contributed by atoms with Crippen LogP contribution in [0.1, 0.15) is 26.3 Å². The molecule has 0 radical (unpaired) electrons. The summed E-state index contributed by atoms with van der Waals surface area (Å²) in [5.41, 5.74) is 1.47. The fourth-order valence-corrected chi connectivity index (χ4v) is 4.43. The molecule has 1 saturated heterocycles. The molecule has 100 valence electrons. The zero-order chi connectivity index (χ0) is 13.0. The molecule has 0 aromatic carbocycles. The van der Waals surface area contributed by atoms with Gasteiger partial charge in [0.25, 0.3) is 0 Å². The number of nitrogens with one attached hydrogen (secondary N) is 1. The molecule has 1 atom stereocenters. The van der Waals surface area contributed by atoms with Crippen molar-refractivity contribution < 1.29 is 0 Å². The van der Waals surface area contributed by atoms with Crippen molar-refractivity contribution in [3.8, 4) is 0 Å². The van der Waals surface area contributed by atoms with E-state index in [1.807, 2.05) is 6.20 Å². The normalized spacial score (nSPS) is 20.7. The summed E-state index contributed by atoms with van der Waals surface area (Å²) < 4.78 is 0. The van der Waals surface area contributed by atoms with Crippen molar-refractivity contribution in [3.63, 3.8) is 0 Å². The lowest BCUT2D eigenvalue weighted by Gasteiger charge is -2.22. The maximum absolute atomic E-state index is 4.50. The topological polar surface area (TPSA) is 24.9 Å². The van der Waals surface area contributed by atoms with Crippen molar-refractivity contribution in [2.24, 2.45) is 0 Å². The van der Waals surface area contributed by atoms with Crippen molar-refractivity contribution in [2.75, 3.05) is 29.1 Å². The molecule has 1 N–H and O–H groups in total. The number of nitrogens with zero attached hydrogens (tertiary/aromatic N) is 1. The number of aromatic nitrogens is 1. The second-order valence-electron chi connectivity index (χ2n) is 5.63. The summed E-state index contributed by atoms with van der Waals surface area (Å²) in [5, 5.41) is 4.18. The Hall–Kier alpha value is -0.350. The summed E-state index contributed by atoms with van der Waals surface area (Å²) in [7, 11) is 0. The highest BCUT2D eigenvalue weighted by Crippen LogP contribution is 2.25. The molecular weight excluding hydrogens is 260 g/mol. The zero-order valence-corrected chi connectivity index (χ0v) is 13.0. The first-order chi connectivity index (χ1) is 8.55. The zero-order valence-electron chi connectivity index (χ0n) is 11.4. The molecule has 1 aliphatic rings. The van der Waals surface area contributed by atoms with Gasteiger partial charge in [-0.15, -0.1) is 0 Å². The summed E-state index contributed by atoms with van der Waals surface area (Å²) in [4.78, 5) is 4.50. The lowest BCUT2D eigenvalue weighted by Crippen LogP contribution is -2.23. The lowest BCUT2D eigenvalue weighted by atomic mass is 9.88. The van der Waals surface area contributed by atoms with Crippen molar-refractivity contribution in [3.05, 3.63) is 23.9 Å². The average molecular weight is 282 g/mol. The van der Waals surface area contributed by atoms with Crippen molar-refractivity contribution in [2.45, 2.75) is 31.4 Å². The van der Waals surface area contributed by atoms with E-state index in [9.17, 15) is 0 Å². The highest BCUT2D eigenvalue weighted by Gasteiger charge is 2.15. The monoisotopic (exact) mass is 282 g/mol. The second-order valence-corrected chi connectivity index (χ2v) is 8.19. The summed E-state index contributed by atoms with van der Waals surface area (Å²) in [6.45, 7) is 7.67. The van der Waals surface area contributed by atoms with E-state index < -0.39 is 0 Å². The van der Waals surface area contributed by atoms with Gasteiger partial charge in [0.1, 0.15) is 5.82 Å². The molecule has 0 saturated carbocycles. The average Bonchev–Trinajstić information content (AvgIpc) is 2.37. The van der Waals surface area contributed by atoms with Gasteiger partial charge < -0.3 is 5.32 Å². The van der Waals surface area contributed by atoms with Crippen LogP contribution in [0.15, 0.2) is 18.3 Å². The molecule has 2 rings (SSSR count). The van der Waals surface area contributed by atoms with Gasteiger partial charge in [-0.3, -0.25) is 0 Å². The number of anilines is 1. The highest BCUT2D eigenvalue weighted by molar-refractivity contribution is 8.06. The van der Waals surface area contributed by atoms with Gasteiger partial charge in [0, 0.05) is 35.3 Å². The molecule has 1 aromatic rings. The summed E-state index contributed by atoms with van der Waals surface area (Å²) in [6, 6.07) is 4.28. The Balaban J connectivity index is 1.86. The van der Waals surface area contributed by atoms with Crippen LogP contribution in [0.2, 0.25) is 0 Å². The van der Waals surface area contributed by atoms with Gasteiger partial charge in [0.2, 0.25) is 0 Å². The van der Waals surface area contributed by atoms with E-state index in [-0.39, 0.29) is 5.41 Å². The van der Waals surface area contributed by atoms with E-state index in [4.69, 9.17) is 0 Å². The van der Waals surface area contributed by atoms with Gasteiger partial charge in [-0.2, -0.15) is 23.5 Å². The smallest absolute Gasteiger partial charge is 0.125 e. The molecule has 4 heteroatoms. The highest BCUT2D eigenvalue weighted by atomic mass is 32.2. The van der Waals surface area contributed by atoms with E-state index in [1.165, 1.54) is 22.8 Å². The first-order valence-electron chi connectivity index (χ1n) is 6.45. The van der Waals surface area contributed by atoms with E-state index in [0.29, 0.717) is 0 Å². The Morgan fingerprint density at radius 2 is 2.17 bits per heavy atom. The maximum Gasteiger partial charge on any atom is 0.125 e. The van der Waals surface area contributed by atoms with Gasteiger partial charge in [-0.25, -0.2) is 4.98 Å². The van der Waals surface area contributed by atoms with Crippen molar-refractivity contribution >= 4 is 29.3 Å². The van der Waals surface area contributed by atoms with Gasteiger partial charge >= 0.3 is 0 Å². The molecule has 0 aliphatic carbocycles. The molecular formula is C14H22N2S2. The Bertz CT molecular complexity index is 364. The molecule has 0 amide bonds. The molecule has 1 aromatic heterocycles. The number of hydrogen-bond acceptors (Lipinski definition) is 4. The molecule has 1 unspecified atom stereocenters. The van der Waals surface area contributed by atoms with Crippen LogP contribution < -0.4 is 5.32 Å². The van der Waals surface area contributed by atoms with Gasteiger partial charge in [0.15, 0.2) is 0 Å². The molecule has 0 bridgehead atoms. The summed E-state index contributed by atoms with van der Waals surface area (Å²) in [5.74, 6) is 4.85. The molecule has 18 heavy (non-hydrogen) atoms. The minimum Gasteiger partial charge on any atom is -0.369 e.